The van der Waals surface area contributed by atoms with E-state index in [9.17, 15) is 5.11 Å². The summed E-state index contributed by atoms with van der Waals surface area (Å²) in [6, 6.07) is 11.0. The Labute approximate surface area is 155 Å². The van der Waals surface area contributed by atoms with Gasteiger partial charge in [-0.05, 0) is 62.8 Å². The number of phenols is 1. The van der Waals surface area contributed by atoms with Crippen molar-refractivity contribution in [1.29, 1.82) is 0 Å². The van der Waals surface area contributed by atoms with Gasteiger partial charge in [0.1, 0.15) is 5.75 Å². The molecule has 23 heavy (non-hydrogen) atoms. The molecule has 0 amide bonds. The molecule has 2 aromatic carbocycles. The molecule has 1 aliphatic carbocycles. The van der Waals surface area contributed by atoms with Gasteiger partial charge in [-0.15, -0.1) is 0 Å². The van der Waals surface area contributed by atoms with Crippen LogP contribution in [0.25, 0.3) is 11.1 Å². The van der Waals surface area contributed by atoms with Gasteiger partial charge >= 0.3 is 0 Å². The zero-order chi connectivity index (χ0) is 16.3. The standard InChI is InChI=1S/C21H26O.Ti/c1-20(2,3)15-8-7-13-9-14-10-19(22)18(21(4,5)6)12-17(14)16(13)11-15;/h7-8,10-12,22H,9H2,1-6H3;. The van der Waals surface area contributed by atoms with E-state index in [0.717, 1.165) is 12.0 Å². The van der Waals surface area contributed by atoms with Crippen LogP contribution in [0.3, 0.4) is 0 Å². The van der Waals surface area contributed by atoms with Gasteiger partial charge in [0.25, 0.3) is 0 Å². The summed E-state index contributed by atoms with van der Waals surface area (Å²) in [7, 11) is 0. The Bertz CT molecular complexity index is 746. The van der Waals surface area contributed by atoms with Crippen molar-refractivity contribution in [2.24, 2.45) is 0 Å². The molecule has 0 spiro atoms. The van der Waals surface area contributed by atoms with Crippen LogP contribution in [0, 0.1) is 0 Å². The Morgan fingerprint density at radius 1 is 0.783 bits per heavy atom. The first-order chi connectivity index (χ1) is 10.1. The number of hydrogen-bond donors (Lipinski definition) is 1. The second-order valence-corrected chi connectivity index (χ2v) is 8.58. The fourth-order valence-electron chi connectivity index (χ4n) is 3.28. The molecular weight excluding hydrogens is 316 g/mol. The van der Waals surface area contributed by atoms with Gasteiger partial charge in [-0.25, -0.2) is 0 Å². The van der Waals surface area contributed by atoms with E-state index in [1.165, 1.54) is 27.8 Å². The first-order valence-electron chi connectivity index (χ1n) is 8.07. The summed E-state index contributed by atoms with van der Waals surface area (Å²) in [5.74, 6) is 0.426. The number of aromatic hydroxyl groups is 1. The van der Waals surface area contributed by atoms with E-state index in [1.807, 2.05) is 6.07 Å². The number of hydrogen-bond acceptors (Lipinski definition) is 1. The van der Waals surface area contributed by atoms with Gasteiger partial charge in [0.15, 0.2) is 0 Å². The van der Waals surface area contributed by atoms with Gasteiger partial charge in [-0.2, -0.15) is 0 Å². The predicted octanol–water partition coefficient (Wildman–Crippen LogP) is 5.56. The summed E-state index contributed by atoms with van der Waals surface area (Å²) in [5.41, 5.74) is 7.74. The third-order valence-electron chi connectivity index (χ3n) is 4.68. The third kappa shape index (κ3) is 3.27. The van der Waals surface area contributed by atoms with E-state index >= 15 is 0 Å². The van der Waals surface area contributed by atoms with Gasteiger partial charge in [0.05, 0.1) is 0 Å². The van der Waals surface area contributed by atoms with E-state index in [-0.39, 0.29) is 32.5 Å². The van der Waals surface area contributed by atoms with Crippen LogP contribution >= 0.6 is 0 Å². The number of rotatable bonds is 0. The van der Waals surface area contributed by atoms with Crippen molar-refractivity contribution in [1.82, 2.24) is 0 Å². The van der Waals surface area contributed by atoms with E-state index in [1.54, 1.807) is 0 Å². The molecule has 0 atom stereocenters. The summed E-state index contributed by atoms with van der Waals surface area (Å²) >= 11 is 0. The van der Waals surface area contributed by atoms with E-state index in [2.05, 4.69) is 65.8 Å². The van der Waals surface area contributed by atoms with Crippen LogP contribution in [0.1, 0.15) is 63.8 Å². The molecule has 2 aromatic rings. The fraction of sp³-hybridized carbons (Fsp3) is 0.429. The minimum atomic E-state index is -0.0521. The molecule has 0 heterocycles. The molecule has 0 bridgehead atoms. The number of phenolic OH excluding ortho intramolecular Hbond substituents is 1. The minimum absolute atomic E-state index is 0. The first kappa shape index (κ1) is 18.3. The molecule has 120 valence electrons. The van der Waals surface area contributed by atoms with Gasteiger partial charge < -0.3 is 5.11 Å². The van der Waals surface area contributed by atoms with Crippen LogP contribution in [-0.2, 0) is 39.0 Å². The molecule has 1 nitrogen and oxygen atoms in total. The monoisotopic (exact) mass is 342 g/mol. The van der Waals surface area contributed by atoms with Gasteiger partial charge in [0.2, 0.25) is 0 Å². The second-order valence-electron chi connectivity index (χ2n) is 8.58. The van der Waals surface area contributed by atoms with E-state index < -0.39 is 0 Å². The summed E-state index contributed by atoms with van der Waals surface area (Å²) in [6.07, 6.45) is 0.924. The van der Waals surface area contributed by atoms with Gasteiger partial charge in [-0.1, -0.05) is 59.7 Å². The number of benzene rings is 2. The van der Waals surface area contributed by atoms with Gasteiger partial charge in [0, 0.05) is 21.7 Å². The third-order valence-corrected chi connectivity index (χ3v) is 4.68. The van der Waals surface area contributed by atoms with Gasteiger partial charge in [-0.3, -0.25) is 0 Å². The summed E-state index contributed by atoms with van der Waals surface area (Å²) in [6.45, 7) is 13.2. The summed E-state index contributed by atoms with van der Waals surface area (Å²) < 4.78 is 0. The molecule has 0 fully saturated rings. The molecule has 0 radical (unpaired) electrons. The van der Waals surface area contributed by atoms with Crippen LogP contribution in [0.5, 0.6) is 5.75 Å². The summed E-state index contributed by atoms with van der Waals surface area (Å²) in [4.78, 5) is 0. The molecule has 0 aliphatic heterocycles. The molecule has 3 rings (SSSR count). The average Bonchev–Trinajstić information content (AvgIpc) is 2.71. The smallest absolute Gasteiger partial charge is 0.119 e. The molecule has 0 saturated heterocycles. The zero-order valence-corrected chi connectivity index (χ0v) is 16.6. The maximum absolute atomic E-state index is 10.4. The van der Waals surface area contributed by atoms with Crippen LogP contribution in [-0.4, -0.2) is 5.11 Å². The van der Waals surface area contributed by atoms with Crippen molar-refractivity contribution in [2.45, 2.75) is 58.8 Å². The van der Waals surface area contributed by atoms with Crippen LogP contribution in [0.4, 0.5) is 0 Å². The minimum Gasteiger partial charge on any atom is -0.508 e. The predicted molar refractivity (Wildman–Crippen MR) is 93.7 cm³/mol. The molecule has 1 N–H and O–H groups in total. The van der Waals surface area contributed by atoms with Crippen LogP contribution in [0.15, 0.2) is 30.3 Å². The molecule has 2 heteroatoms. The van der Waals surface area contributed by atoms with Crippen molar-refractivity contribution in [3.05, 3.63) is 52.6 Å². The molecule has 0 aromatic heterocycles. The van der Waals surface area contributed by atoms with E-state index in [0.29, 0.717) is 5.75 Å². The van der Waals surface area contributed by atoms with Crippen molar-refractivity contribution in [3.8, 4) is 16.9 Å². The van der Waals surface area contributed by atoms with Crippen molar-refractivity contribution < 1.29 is 26.8 Å². The van der Waals surface area contributed by atoms with Crippen molar-refractivity contribution in [3.63, 3.8) is 0 Å². The average molecular weight is 342 g/mol. The molecule has 1 aliphatic rings. The van der Waals surface area contributed by atoms with Crippen molar-refractivity contribution in [2.75, 3.05) is 0 Å². The maximum atomic E-state index is 10.4. The SMILES string of the molecule is CC(C)(C)c1ccc2c(c1)-c1cc(C(C)(C)C)c(O)cc1C2.[Ti]. The van der Waals surface area contributed by atoms with Crippen molar-refractivity contribution >= 4 is 0 Å². The first-order valence-corrected chi connectivity index (χ1v) is 8.07. The Kier molecular flexibility index (Phi) is 4.61. The molecular formula is C21H26OTi. The topological polar surface area (TPSA) is 20.2 Å². The number of fused-ring (bicyclic) bond motifs is 3. The second kappa shape index (κ2) is 5.79. The molecule has 0 saturated carbocycles. The maximum Gasteiger partial charge on any atom is 0.119 e. The Morgan fingerprint density at radius 2 is 1.39 bits per heavy atom. The fourth-order valence-corrected chi connectivity index (χ4v) is 3.28. The van der Waals surface area contributed by atoms with Crippen LogP contribution < -0.4 is 0 Å². The largest absolute Gasteiger partial charge is 0.508 e. The Morgan fingerprint density at radius 3 is 1.96 bits per heavy atom. The normalized spacial score (nSPS) is 13.3. The Hall–Kier alpha value is -1.05. The zero-order valence-electron chi connectivity index (χ0n) is 15.0. The quantitative estimate of drug-likeness (QED) is 0.531. The Balaban J connectivity index is 0.00000192. The molecule has 0 unspecified atom stereocenters. The van der Waals surface area contributed by atoms with E-state index in [4.69, 9.17) is 0 Å². The summed E-state index contributed by atoms with van der Waals surface area (Å²) in [5, 5.41) is 10.4. The van der Waals surface area contributed by atoms with Crippen LogP contribution in [0.2, 0.25) is 0 Å².